The van der Waals surface area contributed by atoms with Crippen LogP contribution in [0.1, 0.15) is 36.8 Å². The molecule has 1 aliphatic carbocycles. The highest BCUT2D eigenvalue weighted by atomic mass is 35.5. The first-order valence-electron chi connectivity index (χ1n) is 7.01. The summed E-state index contributed by atoms with van der Waals surface area (Å²) >= 11 is 0. The van der Waals surface area contributed by atoms with E-state index in [4.69, 9.17) is 9.52 Å². The molecule has 2 fully saturated rings. The van der Waals surface area contributed by atoms with E-state index in [1.807, 2.05) is 12.1 Å². The highest BCUT2D eigenvalue weighted by Gasteiger charge is 2.32. The molecule has 116 valence electrons. The molecule has 1 saturated carbocycles. The SMILES string of the molecule is Cl.Cl.OCc1ccc([C@H](CC2CC2)N2CCNCC2)o1. The van der Waals surface area contributed by atoms with Gasteiger partial charge in [0.05, 0.1) is 6.04 Å². The van der Waals surface area contributed by atoms with Crippen molar-refractivity contribution in [3.8, 4) is 0 Å². The van der Waals surface area contributed by atoms with Crippen LogP contribution >= 0.6 is 24.8 Å². The lowest BCUT2D eigenvalue weighted by molar-refractivity contribution is 0.137. The molecule has 0 amide bonds. The van der Waals surface area contributed by atoms with Gasteiger partial charge in [0, 0.05) is 26.2 Å². The molecule has 3 rings (SSSR count). The molecule has 2 heterocycles. The van der Waals surface area contributed by atoms with E-state index < -0.39 is 0 Å². The second kappa shape index (κ2) is 8.25. The molecular weight excluding hydrogens is 299 g/mol. The second-order valence-electron chi connectivity index (χ2n) is 5.44. The zero-order valence-corrected chi connectivity index (χ0v) is 13.2. The summed E-state index contributed by atoms with van der Waals surface area (Å²) in [4.78, 5) is 2.52. The van der Waals surface area contributed by atoms with Gasteiger partial charge in [0.25, 0.3) is 0 Å². The van der Waals surface area contributed by atoms with Gasteiger partial charge in [-0.1, -0.05) is 12.8 Å². The molecule has 2 aliphatic rings. The van der Waals surface area contributed by atoms with Crippen LogP contribution in [0.15, 0.2) is 16.5 Å². The van der Waals surface area contributed by atoms with Crippen LogP contribution in [0.4, 0.5) is 0 Å². The van der Waals surface area contributed by atoms with Crippen molar-refractivity contribution in [2.75, 3.05) is 26.2 Å². The molecule has 0 spiro atoms. The van der Waals surface area contributed by atoms with Crippen LogP contribution in [0.2, 0.25) is 0 Å². The first-order chi connectivity index (χ1) is 8.86. The molecule has 1 aliphatic heterocycles. The van der Waals surface area contributed by atoms with E-state index >= 15 is 0 Å². The summed E-state index contributed by atoms with van der Waals surface area (Å²) in [6, 6.07) is 4.35. The van der Waals surface area contributed by atoms with Crippen molar-refractivity contribution in [1.29, 1.82) is 0 Å². The smallest absolute Gasteiger partial charge is 0.129 e. The Balaban J connectivity index is 0.000001000. The normalized spacial score (nSPS) is 20.9. The Morgan fingerprint density at radius 2 is 1.95 bits per heavy atom. The Morgan fingerprint density at radius 1 is 1.25 bits per heavy atom. The number of nitrogens with one attached hydrogen (secondary N) is 1. The molecule has 20 heavy (non-hydrogen) atoms. The van der Waals surface area contributed by atoms with E-state index in [1.165, 1.54) is 19.3 Å². The molecule has 2 N–H and O–H groups in total. The lowest BCUT2D eigenvalue weighted by Crippen LogP contribution is -2.45. The minimum atomic E-state index is -0.00228. The number of rotatable bonds is 5. The van der Waals surface area contributed by atoms with Crippen LogP contribution in [0, 0.1) is 5.92 Å². The van der Waals surface area contributed by atoms with Crippen molar-refractivity contribution in [2.24, 2.45) is 5.92 Å². The van der Waals surface area contributed by atoms with Crippen molar-refractivity contribution in [2.45, 2.75) is 31.9 Å². The molecule has 0 unspecified atom stereocenters. The van der Waals surface area contributed by atoms with Gasteiger partial charge in [-0.25, -0.2) is 0 Å². The average molecular weight is 323 g/mol. The summed E-state index contributed by atoms with van der Waals surface area (Å²) in [6.07, 6.45) is 3.95. The van der Waals surface area contributed by atoms with Crippen LogP contribution in [-0.2, 0) is 6.61 Å². The fraction of sp³-hybridized carbons (Fsp3) is 0.714. The summed E-state index contributed by atoms with van der Waals surface area (Å²) in [5.41, 5.74) is 0. The minimum absolute atomic E-state index is 0. The average Bonchev–Trinajstić information content (AvgIpc) is 3.12. The van der Waals surface area contributed by atoms with Gasteiger partial charge in [-0.05, 0) is 24.5 Å². The van der Waals surface area contributed by atoms with Gasteiger partial charge in [0.1, 0.15) is 18.1 Å². The second-order valence-corrected chi connectivity index (χ2v) is 5.44. The van der Waals surface area contributed by atoms with Gasteiger partial charge < -0.3 is 14.8 Å². The van der Waals surface area contributed by atoms with Crippen molar-refractivity contribution >= 4 is 24.8 Å². The van der Waals surface area contributed by atoms with Crippen molar-refractivity contribution in [1.82, 2.24) is 10.2 Å². The number of hydrogen-bond acceptors (Lipinski definition) is 4. The highest BCUT2D eigenvalue weighted by molar-refractivity contribution is 5.85. The van der Waals surface area contributed by atoms with E-state index in [0.29, 0.717) is 11.8 Å². The largest absolute Gasteiger partial charge is 0.462 e. The lowest BCUT2D eigenvalue weighted by Gasteiger charge is -2.34. The van der Waals surface area contributed by atoms with E-state index in [9.17, 15) is 0 Å². The summed E-state index contributed by atoms with van der Waals surface area (Å²) in [5.74, 6) is 2.60. The van der Waals surface area contributed by atoms with Crippen molar-refractivity contribution < 1.29 is 9.52 Å². The van der Waals surface area contributed by atoms with Gasteiger partial charge in [0.2, 0.25) is 0 Å². The Labute approximate surface area is 132 Å². The van der Waals surface area contributed by atoms with E-state index in [-0.39, 0.29) is 31.4 Å². The number of aliphatic hydroxyl groups excluding tert-OH is 1. The Morgan fingerprint density at radius 3 is 2.50 bits per heavy atom. The fourth-order valence-electron chi connectivity index (χ4n) is 2.77. The molecule has 4 nitrogen and oxygen atoms in total. The van der Waals surface area contributed by atoms with Gasteiger partial charge >= 0.3 is 0 Å². The monoisotopic (exact) mass is 322 g/mol. The summed E-state index contributed by atoms with van der Waals surface area (Å²) in [6.45, 7) is 4.31. The minimum Gasteiger partial charge on any atom is -0.462 e. The third kappa shape index (κ3) is 4.37. The van der Waals surface area contributed by atoms with Crippen LogP contribution < -0.4 is 5.32 Å². The van der Waals surface area contributed by atoms with Gasteiger partial charge in [-0.3, -0.25) is 4.90 Å². The zero-order valence-electron chi connectivity index (χ0n) is 11.6. The topological polar surface area (TPSA) is 48.6 Å². The number of piperazine rings is 1. The molecule has 1 aromatic rings. The predicted molar refractivity (Wildman–Crippen MR) is 83.7 cm³/mol. The molecule has 6 heteroatoms. The number of nitrogens with zero attached hydrogens (tertiary/aromatic N) is 1. The van der Waals surface area contributed by atoms with Crippen LogP contribution in [0.25, 0.3) is 0 Å². The predicted octanol–water partition coefficient (Wildman–Crippen LogP) is 2.36. The summed E-state index contributed by atoms with van der Waals surface area (Å²) in [5, 5.41) is 12.5. The van der Waals surface area contributed by atoms with E-state index in [2.05, 4.69) is 10.2 Å². The molecule has 0 radical (unpaired) electrons. The molecule has 1 atom stereocenters. The molecule has 1 aromatic heterocycles. The lowest BCUT2D eigenvalue weighted by atomic mass is 10.1. The first kappa shape index (κ1) is 17.8. The Bertz CT molecular complexity index is 390. The van der Waals surface area contributed by atoms with E-state index in [0.717, 1.165) is 37.9 Å². The highest BCUT2D eigenvalue weighted by Crippen LogP contribution is 2.40. The number of halogens is 2. The Hall–Kier alpha value is -0.260. The van der Waals surface area contributed by atoms with Gasteiger partial charge in [-0.2, -0.15) is 0 Å². The third-order valence-corrected chi connectivity index (χ3v) is 4.01. The fourth-order valence-corrected chi connectivity index (χ4v) is 2.77. The van der Waals surface area contributed by atoms with Gasteiger partial charge in [0.15, 0.2) is 0 Å². The van der Waals surface area contributed by atoms with Crippen molar-refractivity contribution in [3.05, 3.63) is 23.7 Å². The molecule has 1 saturated heterocycles. The zero-order chi connectivity index (χ0) is 12.4. The van der Waals surface area contributed by atoms with Crippen LogP contribution in [0.5, 0.6) is 0 Å². The van der Waals surface area contributed by atoms with Crippen molar-refractivity contribution in [3.63, 3.8) is 0 Å². The molecular formula is C14H24Cl2N2O2. The number of furan rings is 1. The van der Waals surface area contributed by atoms with Gasteiger partial charge in [-0.15, -0.1) is 24.8 Å². The van der Waals surface area contributed by atoms with Crippen LogP contribution in [0.3, 0.4) is 0 Å². The number of aliphatic hydroxyl groups is 1. The third-order valence-electron chi connectivity index (χ3n) is 4.01. The summed E-state index contributed by atoms with van der Waals surface area (Å²) < 4.78 is 5.76. The maximum atomic E-state index is 9.12. The van der Waals surface area contributed by atoms with Crippen LogP contribution in [-0.4, -0.2) is 36.2 Å². The maximum Gasteiger partial charge on any atom is 0.129 e. The van der Waals surface area contributed by atoms with E-state index in [1.54, 1.807) is 0 Å². The molecule has 0 aromatic carbocycles. The maximum absolute atomic E-state index is 9.12. The quantitative estimate of drug-likeness (QED) is 0.873. The first-order valence-corrected chi connectivity index (χ1v) is 7.01. The molecule has 0 bridgehead atoms. The number of hydrogen-bond donors (Lipinski definition) is 2. The summed E-state index contributed by atoms with van der Waals surface area (Å²) in [7, 11) is 0. The Kier molecular flexibility index (Phi) is 7.34. The standard InChI is InChI=1S/C14H22N2O2.2ClH/c17-10-12-3-4-14(18-12)13(9-11-1-2-11)16-7-5-15-6-8-16;;/h3-4,11,13,15,17H,1-2,5-10H2;2*1H/t13-;;/m0../s1.